The van der Waals surface area contributed by atoms with E-state index in [2.05, 4.69) is 15.5 Å². The Balaban J connectivity index is 1.71. The van der Waals surface area contributed by atoms with Gasteiger partial charge in [0.05, 0.1) is 10.9 Å². The van der Waals surface area contributed by atoms with E-state index < -0.39 is 0 Å². The van der Waals surface area contributed by atoms with Crippen LogP contribution in [0.5, 0.6) is 0 Å². The van der Waals surface area contributed by atoms with Gasteiger partial charge in [0.2, 0.25) is 11.1 Å². The predicted molar refractivity (Wildman–Crippen MR) is 107 cm³/mol. The molecular weight excluding hydrogens is 382 g/mol. The van der Waals surface area contributed by atoms with Crippen molar-refractivity contribution in [1.29, 1.82) is 0 Å². The zero-order chi connectivity index (χ0) is 19.2. The number of tetrazole rings is 1. The maximum atomic E-state index is 12.9. The van der Waals surface area contributed by atoms with E-state index in [1.165, 1.54) is 11.8 Å². The fraction of sp³-hybridized carbons (Fsp3) is 0.263. The van der Waals surface area contributed by atoms with Gasteiger partial charge in [0.15, 0.2) is 0 Å². The van der Waals surface area contributed by atoms with Crippen LogP contribution in [-0.2, 0) is 11.3 Å². The minimum atomic E-state index is -0.314. The number of carbonyl (C=O) groups excluding carboxylic acids is 1. The van der Waals surface area contributed by atoms with E-state index >= 15 is 0 Å². The second-order valence-corrected chi connectivity index (χ2v) is 7.69. The molecule has 0 fully saturated rings. The molecule has 6 nitrogen and oxygen atoms in total. The fourth-order valence-electron chi connectivity index (χ4n) is 2.61. The molecule has 8 heteroatoms. The second kappa shape index (κ2) is 9.01. The first-order valence-corrected chi connectivity index (χ1v) is 9.88. The molecular formula is C19H20ClN5OS. The van der Waals surface area contributed by atoms with Crippen LogP contribution in [0, 0.1) is 0 Å². The lowest BCUT2D eigenvalue weighted by atomic mass is 10.2. The van der Waals surface area contributed by atoms with Gasteiger partial charge in [-0.05, 0) is 54.1 Å². The quantitative estimate of drug-likeness (QED) is 0.563. The van der Waals surface area contributed by atoms with E-state index in [4.69, 9.17) is 11.6 Å². The average molecular weight is 402 g/mol. The Labute approximate surface area is 167 Å². The van der Waals surface area contributed by atoms with Crippen molar-refractivity contribution in [2.75, 3.05) is 6.54 Å². The number of benzene rings is 2. The number of amides is 1. The van der Waals surface area contributed by atoms with Gasteiger partial charge in [-0.15, -0.1) is 5.10 Å². The largest absolute Gasteiger partial charge is 0.338 e. The molecule has 3 aromatic rings. The smallest absolute Gasteiger partial charge is 0.236 e. The third-order valence-electron chi connectivity index (χ3n) is 4.05. The highest BCUT2D eigenvalue weighted by Gasteiger charge is 2.23. The van der Waals surface area contributed by atoms with Crippen LogP contribution in [0.25, 0.3) is 5.69 Å². The van der Waals surface area contributed by atoms with Gasteiger partial charge >= 0.3 is 0 Å². The summed E-state index contributed by atoms with van der Waals surface area (Å²) in [5.41, 5.74) is 1.90. The van der Waals surface area contributed by atoms with Crippen LogP contribution in [0.3, 0.4) is 0 Å². The number of hydrogen-bond donors (Lipinski definition) is 0. The summed E-state index contributed by atoms with van der Waals surface area (Å²) >= 11 is 7.28. The van der Waals surface area contributed by atoms with Crippen LogP contribution in [0.2, 0.25) is 5.02 Å². The highest BCUT2D eigenvalue weighted by Crippen LogP contribution is 2.25. The van der Waals surface area contributed by atoms with Crippen LogP contribution in [0.15, 0.2) is 59.8 Å². The first kappa shape index (κ1) is 19.4. The van der Waals surface area contributed by atoms with Gasteiger partial charge in [0.25, 0.3) is 0 Å². The normalized spacial score (nSPS) is 12.0. The maximum absolute atomic E-state index is 12.9. The van der Waals surface area contributed by atoms with Crippen molar-refractivity contribution < 1.29 is 4.79 Å². The lowest BCUT2D eigenvalue weighted by molar-refractivity contribution is -0.130. The molecule has 3 rings (SSSR count). The van der Waals surface area contributed by atoms with Gasteiger partial charge in [0, 0.05) is 18.1 Å². The molecule has 0 aliphatic rings. The Kier molecular flexibility index (Phi) is 6.47. The molecule has 27 heavy (non-hydrogen) atoms. The molecule has 0 aliphatic carbocycles. The summed E-state index contributed by atoms with van der Waals surface area (Å²) in [4.78, 5) is 14.7. The van der Waals surface area contributed by atoms with Crippen LogP contribution in [0.1, 0.15) is 19.4 Å². The number of nitrogens with zero attached hydrogens (tertiary/aromatic N) is 5. The number of rotatable bonds is 7. The van der Waals surface area contributed by atoms with Gasteiger partial charge in [-0.2, -0.15) is 4.68 Å². The van der Waals surface area contributed by atoms with Crippen molar-refractivity contribution in [2.45, 2.75) is 30.8 Å². The highest BCUT2D eigenvalue weighted by atomic mass is 35.5. The summed E-state index contributed by atoms with van der Waals surface area (Å²) in [6.45, 7) is 5.08. The molecule has 0 saturated heterocycles. The van der Waals surface area contributed by atoms with Crippen LogP contribution < -0.4 is 0 Å². The van der Waals surface area contributed by atoms with Gasteiger partial charge < -0.3 is 4.90 Å². The van der Waals surface area contributed by atoms with Crippen molar-refractivity contribution in [3.63, 3.8) is 0 Å². The van der Waals surface area contributed by atoms with Gasteiger partial charge in [-0.1, -0.05) is 53.7 Å². The Bertz CT molecular complexity index is 885. The zero-order valence-corrected chi connectivity index (χ0v) is 16.7. The summed E-state index contributed by atoms with van der Waals surface area (Å²) in [6.07, 6.45) is 0. The zero-order valence-electron chi connectivity index (χ0n) is 15.1. The van der Waals surface area contributed by atoms with E-state index in [0.717, 1.165) is 11.3 Å². The van der Waals surface area contributed by atoms with Crippen LogP contribution in [0.4, 0.5) is 0 Å². The number of carbonyl (C=O) groups is 1. The van der Waals surface area contributed by atoms with Crippen molar-refractivity contribution >= 4 is 29.3 Å². The molecule has 1 aromatic heterocycles. The van der Waals surface area contributed by atoms with E-state index in [1.54, 1.807) is 16.8 Å². The third-order valence-corrected chi connectivity index (χ3v) is 5.32. The number of halogens is 1. The highest BCUT2D eigenvalue weighted by molar-refractivity contribution is 8.00. The maximum Gasteiger partial charge on any atom is 0.236 e. The van der Waals surface area contributed by atoms with Gasteiger partial charge in [-0.3, -0.25) is 4.79 Å². The van der Waals surface area contributed by atoms with Crippen molar-refractivity contribution in [1.82, 2.24) is 25.1 Å². The monoisotopic (exact) mass is 401 g/mol. The first-order valence-electron chi connectivity index (χ1n) is 8.62. The molecule has 2 aromatic carbocycles. The third kappa shape index (κ3) is 4.87. The van der Waals surface area contributed by atoms with E-state index in [-0.39, 0.29) is 11.2 Å². The predicted octanol–water partition coefficient (Wildman–Crippen LogP) is 3.85. The topological polar surface area (TPSA) is 63.9 Å². The number of aromatic nitrogens is 4. The Morgan fingerprint density at radius 1 is 1.19 bits per heavy atom. The molecule has 1 atom stereocenters. The molecule has 0 aliphatic heterocycles. The van der Waals surface area contributed by atoms with E-state index in [0.29, 0.717) is 23.3 Å². The van der Waals surface area contributed by atoms with Crippen molar-refractivity contribution in [3.05, 3.63) is 65.2 Å². The van der Waals surface area contributed by atoms with Crippen LogP contribution in [-0.4, -0.2) is 42.8 Å². The molecule has 140 valence electrons. The second-order valence-electron chi connectivity index (χ2n) is 5.95. The summed E-state index contributed by atoms with van der Waals surface area (Å²) in [5.74, 6) is 0.0528. The molecule has 1 heterocycles. The average Bonchev–Trinajstić information content (AvgIpc) is 3.15. The molecule has 1 amide bonds. The van der Waals surface area contributed by atoms with Crippen LogP contribution >= 0.6 is 23.4 Å². The molecule has 0 N–H and O–H groups in total. The molecule has 0 saturated carbocycles. The number of hydrogen-bond acceptors (Lipinski definition) is 5. The summed E-state index contributed by atoms with van der Waals surface area (Å²) in [7, 11) is 0. The standard InChI is InChI=1S/C19H20ClN5OS/c1-3-24(13-15-7-5-4-6-8-15)18(26)14(2)27-19-21-22-23-25(19)17-11-9-16(20)10-12-17/h4-12,14H,3,13H2,1-2H3. The van der Waals surface area contributed by atoms with E-state index in [1.807, 2.05) is 61.2 Å². The summed E-state index contributed by atoms with van der Waals surface area (Å²) in [5, 5.41) is 12.7. The van der Waals surface area contributed by atoms with E-state index in [9.17, 15) is 4.79 Å². The Morgan fingerprint density at radius 2 is 1.89 bits per heavy atom. The summed E-state index contributed by atoms with van der Waals surface area (Å²) < 4.78 is 1.61. The lowest BCUT2D eigenvalue weighted by Gasteiger charge is -2.24. The van der Waals surface area contributed by atoms with Crippen molar-refractivity contribution in [2.24, 2.45) is 0 Å². The molecule has 1 unspecified atom stereocenters. The number of thioether (sulfide) groups is 1. The van der Waals surface area contributed by atoms with Gasteiger partial charge in [-0.25, -0.2) is 0 Å². The van der Waals surface area contributed by atoms with Crippen molar-refractivity contribution in [3.8, 4) is 5.69 Å². The molecule has 0 bridgehead atoms. The Hall–Kier alpha value is -2.38. The first-order chi connectivity index (χ1) is 13.1. The minimum Gasteiger partial charge on any atom is -0.338 e. The Morgan fingerprint density at radius 3 is 2.56 bits per heavy atom. The SMILES string of the molecule is CCN(Cc1ccccc1)C(=O)C(C)Sc1nnnn1-c1ccc(Cl)cc1. The molecule has 0 spiro atoms. The lowest BCUT2D eigenvalue weighted by Crippen LogP contribution is -2.36. The molecule has 0 radical (unpaired) electrons. The fourth-order valence-corrected chi connectivity index (χ4v) is 3.63. The van der Waals surface area contributed by atoms with Gasteiger partial charge in [0.1, 0.15) is 0 Å². The minimum absolute atomic E-state index is 0.0528. The summed E-state index contributed by atoms with van der Waals surface area (Å²) in [6, 6.07) is 17.2.